The maximum absolute atomic E-state index is 13.1. The van der Waals surface area contributed by atoms with E-state index in [1.807, 2.05) is 48.5 Å². The average molecular weight is 409 g/mol. The molecule has 3 aromatic carbocycles. The highest BCUT2D eigenvalue weighted by Crippen LogP contribution is 2.29. The number of furan rings is 1. The molecule has 2 heterocycles. The Morgan fingerprint density at radius 2 is 1.68 bits per heavy atom. The molecule has 0 unspecified atom stereocenters. The van der Waals surface area contributed by atoms with Crippen LogP contribution in [0.15, 0.2) is 99.9 Å². The second-order valence-corrected chi connectivity index (χ2v) is 7.02. The van der Waals surface area contributed by atoms with Crippen LogP contribution < -0.4 is 0 Å². The van der Waals surface area contributed by atoms with Gasteiger partial charge in [-0.05, 0) is 60.2 Å². The van der Waals surface area contributed by atoms with Crippen molar-refractivity contribution in [3.05, 3.63) is 108 Å². The summed E-state index contributed by atoms with van der Waals surface area (Å²) in [5.41, 5.74) is 3.23. The van der Waals surface area contributed by atoms with E-state index in [1.54, 1.807) is 30.3 Å². The Balaban J connectivity index is 1.39. The minimum atomic E-state index is -0.324. The summed E-state index contributed by atoms with van der Waals surface area (Å²) in [5, 5.41) is 4.98. The van der Waals surface area contributed by atoms with Crippen LogP contribution in [0.4, 0.5) is 4.39 Å². The van der Waals surface area contributed by atoms with E-state index in [4.69, 9.17) is 8.94 Å². The van der Waals surface area contributed by atoms with Gasteiger partial charge in [0.15, 0.2) is 11.5 Å². The van der Waals surface area contributed by atoms with E-state index in [9.17, 15) is 9.18 Å². The summed E-state index contributed by atoms with van der Waals surface area (Å²) in [4.78, 5) is 12.5. The van der Waals surface area contributed by atoms with Crippen LogP contribution in [-0.2, 0) is 0 Å². The maximum Gasteiger partial charge on any atom is 0.221 e. The lowest BCUT2D eigenvalue weighted by Crippen LogP contribution is -1.90. The fraction of sp³-hybridized carbons (Fsp3) is 0. The molecule has 0 saturated heterocycles. The quantitative estimate of drug-likeness (QED) is 0.237. The molecule has 150 valence electrons. The molecule has 5 rings (SSSR count). The van der Waals surface area contributed by atoms with Gasteiger partial charge in [-0.25, -0.2) is 4.39 Å². The van der Waals surface area contributed by atoms with Crippen LogP contribution in [0.1, 0.15) is 16.1 Å². The number of aromatic nitrogens is 1. The third-order valence-corrected chi connectivity index (χ3v) is 4.94. The number of benzene rings is 3. The van der Waals surface area contributed by atoms with Crippen molar-refractivity contribution < 1.29 is 18.1 Å². The molecule has 5 aromatic rings. The average Bonchev–Trinajstić information content (AvgIpc) is 3.46. The van der Waals surface area contributed by atoms with Crippen molar-refractivity contribution in [1.29, 1.82) is 0 Å². The Kier molecular flexibility index (Phi) is 4.77. The van der Waals surface area contributed by atoms with Gasteiger partial charge in [0.25, 0.3) is 0 Å². The van der Waals surface area contributed by atoms with E-state index >= 15 is 0 Å². The van der Waals surface area contributed by atoms with E-state index in [0.29, 0.717) is 17.1 Å². The molecule has 0 saturated carbocycles. The molecule has 0 aliphatic rings. The SMILES string of the molecule is O=C(/C=C/c1ccc2noc(-c3ccccc3)c2c1)c1ccc(-c2ccc(F)cc2)o1. The van der Waals surface area contributed by atoms with Gasteiger partial charge < -0.3 is 8.94 Å². The minimum Gasteiger partial charge on any atom is -0.453 e. The highest BCUT2D eigenvalue weighted by molar-refractivity contribution is 6.05. The van der Waals surface area contributed by atoms with Crippen LogP contribution in [0.5, 0.6) is 0 Å². The van der Waals surface area contributed by atoms with Gasteiger partial charge in [-0.3, -0.25) is 4.79 Å². The van der Waals surface area contributed by atoms with Gasteiger partial charge in [-0.1, -0.05) is 47.6 Å². The molecule has 0 aliphatic carbocycles. The smallest absolute Gasteiger partial charge is 0.221 e. The number of carbonyl (C=O) groups excluding carboxylic acids is 1. The number of hydrogen-bond donors (Lipinski definition) is 0. The van der Waals surface area contributed by atoms with Gasteiger partial charge in [0, 0.05) is 11.1 Å². The number of nitrogens with zero attached hydrogens (tertiary/aromatic N) is 1. The highest BCUT2D eigenvalue weighted by Gasteiger charge is 2.12. The van der Waals surface area contributed by atoms with Gasteiger partial charge in [0.2, 0.25) is 5.78 Å². The summed E-state index contributed by atoms with van der Waals surface area (Å²) >= 11 is 0. The van der Waals surface area contributed by atoms with Crippen LogP contribution in [-0.4, -0.2) is 10.9 Å². The van der Waals surface area contributed by atoms with Crippen LogP contribution >= 0.6 is 0 Å². The standard InChI is InChI=1S/C26H16FNO3/c27-20-10-8-18(9-11-20)24-14-15-25(30-24)23(29)13-7-17-6-12-22-21(16-17)26(31-28-22)19-4-2-1-3-5-19/h1-16H/b13-7+. The predicted octanol–water partition coefficient (Wildman–Crippen LogP) is 6.79. The van der Waals surface area contributed by atoms with Crippen LogP contribution in [0.3, 0.4) is 0 Å². The van der Waals surface area contributed by atoms with Crippen LogP contribution in [0, 0.1) is 5.82 Å². The first kappa shape index (κ1) is 18.8. The predicted molar refractivity (Wildman–Crippen MR) is 117 cm³/mol. The Morgan fingerprint density at radius 1 is 0.871 bits per heavy atom. The molecule has 5 heteroatoms. The number of ketones is 1. The van der Waals surface area contributed by atoms with E-state index in [2.05, 4.69) is 5.16 Å². The second-order valence-electron chi connectivity index (χ2n) is 7.02. The van der Waals surface area contributed by atoms with E-state index < -0.39 is 0 Å². The zero-order valence-corrected chi connectivity index (χ0v) is 16.3. The maximum atomic E-state index is 13.1. The molecule has 0 atom stereocenters. The third kappa shape index (κ3) is 3.81. The van der Waals surface area contributed by atoms with Gasteiger partial charge in [0.05, 0.1) is 5.39 Å². The summed E-state index contributed by atoms with van der Waals surface area (Å²) in [6, 6.07) is 24.6. The van der Waals surface area contributed by atoms with Crippen molar-refractivity contribution in [1.82, 2.24) is 5.16 Å². The van der Waals surface area contributed by atoms with Crippen molar-refractivity contribution in [2.45, 2.75) is 0 Å². The summed E-state index contributed by atoms with van der Waals surface area (Å²) in [5.74, 6) is 0.825. The molecule has 31 heavy (non-hydrogen) atoms. The number of fused-ring (bicyclic) bond motifs is 1. The van der Waals surface area contributed by atoms with Crippen LogP contribution in [0.2, 0.25) is 0 Å². The molecule has 0 fully saturated rings. The zero-order chi connectivity index (χ0) is 21.2. The lowest BCUT2D eigenvalue weighted by molar-refractivity contribution is 0.102. The molecule has 2 aromatic heterocycles. The number of rotatable bonds is 5. The first-order valence-corrected chi connectivity index (χ1v) is 9.70. The van der Waals surface area contributed by atoms with Crippen molar-refractivity contribution in [2.24, 2.45) is 0 Å². The largest absolute Gasteiger partial charge is 0.453 e. The van der Waals surface area contributed by atoms with Gasteiger partial charge in [-0.15, -0.1) is 0 Å². The topological polar surface area (TPSA) is 56.2 Å². The molecule has 0 bridgehead atoms. The van der Waals surface area contributed by atoms with Crippen molar-refractivity contribution >= 4 is 22.8 Å². The number of hydrogen-bond acceptors (Lipinski definition) is 4. The molecule has 0 amide bonds. The Hall–Kier alpha value is -4.25. The molecule has 0 spiro atoms. The first-order chi connectivity index (χ1) is 15.2. The Labute approximate surface area is 177 Å². The number of halogens is 1. The van der Waals surface area contributed by atoms with Gasteiger partial charge in [0.1, 0.15) is 17.1 Å². The minimum absolute atomic E-state index is 0.214. The fourth-order valence-electron chi connectivity index (χ4n) is 3.35. The molecule has 4 nitrogen and oxygen atoms in total. The van der Waals surface area contributed by atoms with Gasteiger partial charge in [-0.2, -0.15) is 0 Å². The van der Waals surface area contributed by atoms with Crippen molar-refractivity contribution in [2.75, 3.05) is 0 Å². The normalized spacial score (nSPS) is 11.4. The van der Waals surface area contributed by atoms with E-state index in [0.717, 1.165) is 22.0 Å². The van der Waals surface area contributed by atoms with E-state index in [1.165, 1.54) is 18.2 Å². The monoisotopic (exact) mass is 409 g/mol. The molecule has 0 aliphatic heterocycles. The summed E-state index contributed by atoms with van der Waals surface area (Å²) < 4.78 is 24.3. The summed E-state index contributed by atoms with van der Waals surface area (Å²) in [7, 11) is 0. The number of allylic oxidation sites excluding steroid dienone is 1. The van der Waals surface area contributed by atoms with Crippen molar-refractivity contribution in [3.63, 3.8) is 0 Å². The first-order valence-electron chi connectivity index (χ1n) is 9.70. The second kappa shape index (κ2) is 7.88. The number of carbonyl (C=O) groups is 1. The lowest BCUT2D eigenvalue weighted by Gasteiger charge is -1.98. The van der Waals surface area contributed by atoms with E-state index in [-0.39, 0.29) is 17.4 Å². The summed E-state index contributed by atoms with van der Waals surface area (Å²) in [6.07, 6.45) is 3.19. The summed E-state index contributed by atoms with van der Waals surface area (Å²) in [6.45, 7) is 0. The van der Waals surface area contributed by atoms with Crippen LogP contribution in [0.25, 0.3) is 39.6 Å². The molecule has 0 radical (unpaired) electrons. The zero-order valence-electron chi connectivity index (χ0n) is 16.3. The van der Waals surface area contributed by atoms with Crippen molar-refractivity contribution in [3.8, 4) is 22.6 Å². The highest BCUT2D eigenvalue weighted by atomic mass is 19.1. The third-order valence-electron chi connectivity index (χ3n) is 4.94. The van der Waals surface area contributed by atoms with Gasteiger partial charge >= 0.3 is 0 Å². The molecular formula is C26H16FNO3. The lowest BCUT2D eigenvalue weighted by atomic mass is 10.1. The Bertz CT molecular complexity index is 1400. The molecular weight excluding hydrogens is 393 g/mol. The Morgan fingerprint density at radius 3 is 2.48 bits per heavy atom. The molecule has 0 N–H and O–H groups in total. The fourth-order valence-corrected chi connectivity index (χ4v) is 3.35.